The molecule has 2 aromatic carbocycles. The van der Waals surface area contributed by atoms with Gasteiger partial charge < -0.3 is 15.0 Å². The zero-order valence-electron chi connectivity index (χ0n) is 16.8. The highest BCUT2D eigenvalue weighted by Crippen LogP contribution is 2.39. The van der Waals surface area contributed by atoms with E-state index in [1.165, 1.54) is 12.8 Å². The summed E-state index contributed by atoms with van der Waals surface area (Å²) in [5, 5.41) is 3.03. The predicted octanol–water partition coefficient (Wildman–Crippen LogP) is 5.34. The molecule has 0 saturated carbocycles. The Morgan fingerprint density at radius 1 is 1.11 bits per heavy atom. The second kappa shape index (κ2) is 7.30. The topological polar surface area (TPSA) is 53.9 Å². The fourth-order valence-electron chi connectivity index (χ4n) is 3.66. The van der Waals surface area contributed by atoms with E-state index in [2.05, 4.69) is 31.0 Å². The number of benzene rings is 2. The van der Waals surface area contributed by atoms with E-state index >= 15 is 0 Å². The fraction of sp³-hybridized carbons (Fsp3) is 0.391. The molecule has 2 heterocycles. The standard InChI is InChI=1S/C23H27N3O2/c1-23(2,3)15-21(27)24-16-10-11-19-17(14-16)22(26-12-6-7-13-26)25-18-8-4-5-9-20(18)28-19/h4-5,8-11,14H,6-7,12-13,15H2,1-3H3,(H,24,27). The van der Waals surface area contributed by atoms with Gasteiger partial charge in [0.15, 0.2) is 5.75 Å². The Morgan fingerprint density at radius 3 is 2.61 bits per heavy atom. The number of amidine groups is 1. The van der Waals surface area contributed by atoms with E-state index in [-0.39, 0.29) is 11.3 Å². The first-order valence-electron chi connectivity index (χ1n) is 9.94. The molecule has 28 heavy (non-hydrogen) atoms. The average Bonchev–Trinajstić information content (AvgIpc) is 3.09. The number of nitrogens with one attached hydrogen (secondary N) is 1. The monoisotopic (exact) mass is 377 g/mol. The summed E-state index contributed by atoms with van der Waals surface area (Å²) in [4.78, 5) is 19.7. The van der Waals surface area contributed by atoms with Gasteiger partial charge in [0, 0.05) is 25.2 Å². The minimum atomic E-state index is -0.0529. The molecule has 0 radical (unpaired) electrons. The van der Waals surface area contributed by atoms with Crippen LogP contribution in [0.15, 0.2) is 47.5 Å². The molecule has 2 aromatic rings. The van der Waals surface area contributed by atoms with Crippen LogP contribution in [0.3, 0.4) is 0 Å². The van der Waals surface area contributed by atoms with E-state index in [4.69, 9.17) is 9.73 Å². The Hall–Kier alpha value is -2.82. The normalized spacial score (nSPS) is 15.8. The van der Waals surface area contributed by atoms with Gasteiger partial charge in [0.2, 0.25) is 5.91 Å². The Kier molecular flexibility index (Phi) is 4.84. The Bertz CT molecular complexity index is 922. The number of rotatable bonds is 2. The lowest BCUT2D eigenvalue weighted by Crippen LogP contribution is -2.28. The summed E-state index contributed by atoms with van der Waals surface area (Å²) >= 11 is 0. The first-order valence-corrected chi connectivity index (χ1v) is 9.94. The molecule has 2 aliphatic rings. The van der Waals surface area contributed by atoms with Crippen molar-refractivity contribution in [2.24, 2.45) is 10.4 Å². The van der Waals surface area contributed by atoms with Crippen molar-refractivity contribution in [3.05, 3.63) is 48.0 Å². The minimum Gasteiger partial charge on any atom is -0.454 e. The molecule has 1 amide bonds. The number of amides is 1. The molecule has 4 rings (SSSR count). The van der Waals surface area contributed by atoms with Crippen LogP contribution in [0.5, 0.6) is 11.5 Å². The van der Waals surface area contributed by atoms with Crippen molar-refractivity contribution < 1.29 is 9.53 Å². The van der Waals surface area contributed by atoms with Crippen LogP contribution in [0, 0.1) is 5.41 Å². The first kappa shape index (κ1) is 18.5. The molecule has 0 aliphatic carbocycles. The van der Waals surface area contributed by atoms with E-state index in [9.17, 15) is 4.79 Å². The van der Waals surface area contributed by atoms with Crippen LogP contribution in [0.25, 0.3) is 0 Å². The second-order valence-corrected chi connectivity index (χ2v) is 8.70. The molecule has 0 atom stereocenters. The Labute approximate surface area is 166 Å². The number of anilines is 1. The van der Waals surface area contributed by atoms with Gasteiger partial charge in [0.05, 0.1) is 5.56 Å². The molecular weight excluding hydrogens is 350 g/mol. The van der Waals surface area contributed by atoms with Gasteiger partial charge in [-0.05, 0) is 48.6 Å². The Balaban J connectivity index is 1.71. The smallest absolute Gasteiger partial charge is 0.224 e. The lowest BCUT2D eigenvalue weighted by Gasteiger charge is -2.21. The summed E-state index contributed by atoms with van der Waals surface area (Å²) in [7, 11) is 0. The van der Waals surface area contributed by atoms with Gasteiger partial charge in [-0.3, -0.25) is 4.79 Å². The molecule has 1 fully saturated rings. The number of para-hydroxylation sites is 2. The number of nitrogens with zero attached hydrogens (tertiary/aromatic N) is 2. The lowest BCUT2D eigenvalue weighted by atomic mass is 9.92. The van der Waals surface area contributed by atoms with Crippen molar-refractivity contribution in [2.75, 3.05) is 18.4 Å². The molecule has 0 aromatic heterocycles. The zero-order valence-corrected chi connectivity index (χ0v) is 16.8. The third-order valence-corrected chi connectivity index (χ3v) is 4.91. The van der Waals surface area contributed by atoms with E-state index in [1.807, 2.05) is 42.5 Å². The van der Waals surface area contributed by atoms with E-state index < -0.39 is 0 Å². The second-order valence-electron chi connectivity index (χ2n) is 8.70. The highest BCUT2D eigenvalue weighted by Gasteiger charge is 2.25. The maximum absolute atomic E-state index is 12.4. The molecule has 2 aliphatic heterocycles. The third-order valence-electron chi connectivity index (χ3n) is 4.91. The van der Waals surface area contributed by atoms with Crippen LogP contribution in [-0.4, -0.2) is 29.7 Å². The Morgan fingerprint density at radius 2 is 1.86 bits per heavy atom. The van der Waals surface area contributed by atoms with Crippen LogP contribution in [-0.2, 0) is 4.79 Å². The number of ether oxygens (including phenoxy) is 1. The quantitative estimate of drug-likeness (QED) is 0.768. The molecule has 5 nitrogen and oxygen atoms in total. The van der Waals surface area contributed by atoms with E-state index in [0.29, 0.717) is 6.42 Å². The van der Waals surface area contributed by atoms with Crippen LogP contribution >= 0.6 is 0 Å². The number of hydrogen-bond donors (Lipinski definition) is 1. The number of carbonyl (C=O) groups is 1. The van der Waals surface area contributed by atoms with Crippen molar-refractivity contribution in [1.29, 1.82) is 0 Å². The molecule has 0 bridgehead atoms. The van der Waals surface area contributed by atoms with Gasteiger partial charge in [-0.25, -0.2) is 4.99 Å². The number of carbonyl (C=O) groups excluding carboxylic acids is 1. The number of hydrogen-bond acceptors (Lipinski definition) is 4. The highest BCUT2D eigenvalue weighted by molar-refractivity contribution is 6.05. The molecule has 1 N–H and O–H groups in total. The van der Waals surface area contributed by atoms with Crippen molar-refractivity contribution in [1.82, 2.24) is 4.90 Å². The summed E-state index contributed by atoms with van der Waals surface area (Å²) in [6.07, 6.45) is 2.80. The van der Waals surface area contributed by atoms with Crippen LogP contribution in [0.4, 0.5) is 11.4 Å². The van der Waals surface area contributed by atoms with Gasteiger partial charge in [-0.2, -0.15) is 0 Å². The van der Waals surface area contributed by atoms with E-state index in [1.54, 1.807) is 0 Å². The van der Waals surface area contributed by atoms with Crippen molar-refractivity contribution in [3.8, 4) is 11.5 Å². The van der Waals surface area contributed by atoms with E-state index in [0.717, 1.165) is 47.4 Å². The highest BCUT2D eigenvalue weighted by atomic mass is 16.5. The van der Waals surface area contributed by atoms with Crippen LogP contribution in [0.1, 0.15) is 45.6 Å². The molecule has 0 spiro atoms. The summed E-state index contributed by atoms with van der Waals surface area (Å²) in [6, 6.07) is 13.7. The maximum Gasteiger partial charge on any atom is 0.224 e. The van der Waals surface area contributed by atoms with Gasteiger partial charge in [0.25, 0.3) is 0 Å². The molecule has 1 saturated heterocycles. The van der Waals surface area contributed by atoms with Crippen molar-refractivity contribution >= 4 is 23.1 Å². The molecule has 0 unspecified atom stereocenters. The van der Waals surface area contributed by atoms with Crippen molar-refractivity contribution in [2.45, 2.75) is 40.0 Å². The maximum atomic E-state index is 12.4. The van der Waals surface area contributed by atoms with Crippen molar-refractivity contribution in [3.63, 3.8) is 0 Å². The van der Waals surface area contributed by atoms with Gasteiger partial charge in [-0.15, -0.1) is 0 Å². The predicted molar refractivity (Wildman–Crippen MR) is 113 cm³/mol. The lowest BCUT2D eigenvalue weighted by molar-refractivity contribution is -0.117. The summed E-state index contributed by atoms with van der Waals surface area (Å²) in [5.74, 6) is 2.46. The summed E-state index contributed by atoms with van der Waals surface area (Å²) in [5.41, 5.74) is 2.47. The SMILES string of the molecule is CC(C)(C)CC(=O)Nc1ccc2c(c1)C(N1CCCC1)=Nc1ccccc1O2. The number of aliphatic imine (C=N–C) groups is 1. The van der Waals surface area contributed by atoms with Gasteiger partial charge in [0.1, 0.15) is 17.3 Å². The first-order chi connectivity index (χ1) is 13.4. The van der Waals surface area contributed by atoms with Crippen LogP contribution in [0.2, 0.25) is 0 Å². The van der Waals surface area contributed by atoms with Gasteiger partial charge in [-0.1, -0.05) is 32.9 Å². The molecule has 146 valence electrons. The largest absolute Gasteiger partial charge is 0.454 e. The number of likely N-dealkylation sites (tertiary alicyclic amines) is 1. The fourth-order valence-corrected chi connectivity index (χ4v) is 3.66. The zero-order chi connectivity index (χ0) is 19.7. The molecular formula is C23H27N3O2. The third kappa shape index (κ3) is 4.03. The minimum absolute atomic E-state index is 0.0185. The number of fused-ring (bicyclic) bond motifs is 2. The van der Waals surface area contributed by atoms with Gasteiger partial charge >= 0.3 is 0 Å². The average molecular weight is 377 g/mol. The molecule has 5 heteroatoms. The summed E-state index contributed by atoms with van der Waals surface area (Å²) < 4.78 is 6.18. The van der Waals surface area contributed by atoms with Crippen LogP contribution < -0.4 is 10.1 Å². The summed E-state index contributed by atoms with van der Waals surface area (Å²) in [6.45, 7) is 8.16.